The number of aliphatic hydroxyl groups excluding tert-OH is 2. The van der Waals surface area contributed by atoms with Gasteiger partial charge in [0.2, 0.25) is 0 Å². The molecule has 1 atom stereocenters. The minimum absolute atomic E-state index is 0.0175. The summed E-state index contributed by atoms with van der Waals surface area (Å²) in [6.45, 7) is 0.171. The quantitative estimate of drug-likeness (QED) is 0.311. The topological polar surface area (TPSA) is 76.5 Å². The minimum atomic E-state index is -0.469. The number of aliphatic hydroxyl groups is 2. The van der Waals surface area contributed by atoms with Gasteiger partial charge in [0.15, 0.2) is 0 Å². The number of nitrogens with one attached hydrogen (secondary N) is 3. The lowest BCUT2D eigenvalue weighted by molar-refractivity contribution is 0.118. The fourth-order valence-electron chi connectivity index (χ4n) is 1.48. The lowest BCUT2D eigenvalue weighted by Crippen LogP contribution is -2.59. The SMILES string of the molecule is CNC(CCO)CC(CO)(NC)NC. The summed E-state index contributed by atoms with van der Waals surface area (Å²) in [5.41, 5.74) is -0.469. The molecule has 0 heterocycles. The molecule has 0 saturated carbocycles. The van der Waals surface area contributed by atoms with Gasteiger partial charge in [-0.15, -0.1) is 0 Å². The largest absolute Gasteiger partial charge is 0.396 e. The smallest absolute Gasteiger partial charge is 0.0934 e. The molecule has 0 aromatic rings. The first-order valence-electron chi connectivity index (χ1n) is 4.94. The van der Waals surface area contributed by atoms with Crippen LogP contribution in [0.4, 0.5) is 0 Å². The summed E-state index contributed by atoms with van der Waals surface area (Å²) in [6.07, 6.45) is 1.40. The molecule has 14 heavy (non-hydrogen) atoms. The molecule has 0 saturated heterocycles. The summed E-state index contributed by atoms with van der Waals surface area (Å²) in [5, 5.41) is 27.3. The standard InChI is InChI=1S/C9H23N3O2/c1-10-8(4-5-13)6-9(7-14,11-2)12-3/h8,10-14H,4-7H2,1-3H3. The average Bonchev–Trinajstić information content (AvgIpc) is 2.25. The Balaban J connectivity index is 4.24. The predicted molar refractivity (Wildman–Crippen MR) is 57.1 cm³/mol. The van der Waals surface area contributed by atoms with Crippen molar-refractivity contribution in [1.29, 1.82) is 0 Å². The van der Waals surface area contributed by atoms with E-state index >= 15 is 0 Å². The van der Waals surface area contributed by atoms with E-state index in [4.69, 9.17) is 5.11 Å². The third-order valence-electron chi connectivity index (χ3n) is 2.71. The summed E-state index contributed by atoms with van der Waals surface area (Å²) in [4.78, 5) is 0. The van der Waals surface area contributed by atoms with Gasteiger partial charge in [-0.2, -0.15) is 0 Å². The van der Waals surface area contributed by atoms with Crippen LogP contribution < -0.4 is 16.0 Å². The van der Waals surface area contributed by atoms with Crippen LogP contribution in [0.25, 0.3) is 0 Å². The molecule has 1 unspecified atom stereocenters. The first kappa shape index (κ1) is 13.8. The molecular formula is C9H23N3O2. The van der Waals surface area contributed by atoms with Crippen LogP contribution in [-0.2, 0) is 0 Å². The lowest BCUT2D eigenvalue weighted by Gasteiger charge is -2.34. The molecule has 5 heteroatoms. The Morgan fingerprint density at radius 1 is 1.14 bits per heavy atom. The second-order valence-corrected chi connectivity index (χ2v) is 3.44. The maximum Gasteiger partial charge on any atom is 0.0934 e. The third-order valence-corrected chi connectivity index (χ3v) is 2.71. The zero-order valence-corrected chi connectivity index (χ0v) is 9.30. The summed E-state index contributed by atoms with van der Waals surface area (Å²) in [6, 6.07) is 0.187. The molecule has 0 amide bonds. The van der Waals surface area contributed by atoms with Crippen LogP contribution in [0, 0.1) is 0 Å². The predicted octanol–water partition coefficient (Wildman–Crippen LogP) is -1.53. The molecule has 0 aliphatic rings. The maximum atomic E-state index is 9.27. The highest BCUT2D eigenvalue weighted by atomic mass is 16.3. The summed E-state index contributed by atoms with van der Waals surface area (Å²) >= 11 is 0. The van der Waals surface area contributed by atoms with Crippen molar-refractivity contribution in [3.05, 3.63) is 0 Å². The van der Waals surface area contributed by atoms with Gasteiger partial charge in [-0.25, -0.2) is 0 Å². The molecule has 0 aromatic carbocycles. The maximum absolute atomic E-state index is 9.27. The van der Waals surface area contributed by atoms with Crippen molar-refractivity contribution in [3.63, 3.8) is 0 Å². The van der Waals surface area contributed by atoms with Crippen molar-refractivity contribution in [2.45, 2.75) is 24.5 Å². The highest BCUT2D eigenvalue weighted by molar-refractivity contribution is 4.86. The van der Waals surface area contributed by atoms with Gasteiger partial charge in [0.1, 0.15) is 0 Å². The van der Waals surface area contributed by atoms with E-state index in [9.17, 15) is 5.11 Å². The van der Waals surface area contributed by atoms with E-state index in [2.05, 4.69) is 16.0 Å². The van der Waals surface area contributed by atoms with E-state index in [0.717, 1.165) is 0 Å². The fourth-order valence-corrected chi connectivity index (χ4v) is 1.48. The number of likely N-dealkylation sites (N-methyl/N-ethyl adjacent to an activating group) is 2. The summed E-state index contributed by atoms with van der Waals surface area (Å²) in [5.74, 6) is 0. The molecule has 86 valence electrons. The Morgan fingerprint density at radius 2 is 1.71 bits per heavy atom. The Hall–Kier alpha value is -0.200. The van der Waals surface area contributed by atoms with Crippen LogP contribution in [-0.4, -0.2) is 56.3 Å². The van der Waals surface area contributed by atoms with Gasteiger partial charge in [0.05, 0.1) is 12.3 Å². The van der Waals surface area contributed by atoms with Crippen LogP contribution in [0.5, 0.6) is 0 Å². The van der Waals surface area contributed by atoms with Crippen LogP contribution >= 0.6 is 0 Å². The zero-order valence-electron chi connectivity index (χ0n) is 9.30. The first-order chi connectivity index (χ1) is 6.67. The summed E-state index contributed by atoms with van der Waals surface area (Å²) in [7, 11) is 5.46. The average molecular weight is 205 g/mol. The molecule has 0 spiro atoms. The molecule has 5 nitrogen and oxygen atoms in total. The van der Waals surface area contributed by atoms with Crippen molar-refractivity contribution in [2.75, 3.05) is 34.4 Å². The van der Waals surface area contributed by atoms with Gasteiger partial charge in [-0.1, -0.05) is 0 Å². The van der Waals surface area contributed by atoms with E-state index in [1.54, 1.807) is 14.1 Å². The van der Waals surface area contributed by atoms with Crippen LogP contribution in [0.3, 0.4) is 0 Å². The fraction of sp³-hybridized carbons (Fsp3) is 1.00. The molecule has 0 aliphatic heterocycles. The minimum Gasteiger partial charge on any atom is -0.396 e. The van der Waals surface area contributed by atoms with Crippen LogP contribution in [0.15, 0.2) is 0 Å². The van der Waals surface area contributed by atoms with Gasteiger partial charge in [-0.05, 0) is 34.0 Å². The van der Waals surface area contributed by atoms with E-state index in [1.807, 2.05) is 7.05 Å². The van der Waals surface area contributed by atoms with Crippen molar-refractivity contribution in [1.82, 2.24) is 16.0 Å². The van der Waals surface area contributed by atoms with E-state index in [1.165, 1.54) is 0 Å². The Morgan fingerprint density at radius 3 is 2.00 bits per heavy atom. The molecule has 0 rings (SSSR count). The molecular weight excluding hydrogens is 182 g/mol. The third kappa shape index (κ3) is 3.89. The number of hydrogen-bond acceptors (Lipinski definition) is 5. The van der Waals surface area contributed by atoms with Gasteiger partial charge in [0.25, 0.3) is 0 Å². The highest BCUT2D eigenvalue weighted by Crippen LogP contribution is 2.10. The molecule has 0 bridgehead atoms. The van der Waals surface area contributed by atoms with E-state index in [0.29, 0.717) is 12.8 Å². The monoisotopic (exact) mass is 205 g/mol. The van der Waals surface area contributed by atoms with Crippen molar-refractivity contribution >= 4 is 0 Å². The number of hydrogen-bond donors (Lipinski definition) is 5. The Bertz CT molecular complexity index is 132. The van der Waals surface area contributed by atoms with Gasteiger partial charge in [0, 0.05) is 12.6 Å². The second-order valence-electron chi connectivity index (χ2n) is 3.44. The van der Waals surface area contributed by atoms with Gasteiger partial charge in [-0.3, -0.25) is 0 Å². The van der Waals surface area contributed by atoms with Gasteiger partial charge >= 0.3 is 0 Å². The van der Waals surface area contributed by atoms with E-state index in [-0.39, 0.29) is 19.3 Å². The van der Waals surface area contributed by atoms with Crippen molar-refractivity contribution < 1.29 is 10.2 Å². The molecule has 5 N–H and O–H groups in total. The zero-order chi connectivity index (χ0) is 11.0. The summed E-state index contributed by atoms with van der Waals surface area (Å²) < 4.78 is 0. The first-order valence-corrected chi connectivity index (χ1v) is 4.94. The Labute approximate surface area is 85.9 Å². The lowest BCUT2D eigenvalue weighted by atomic mass is 9.99. The van der Waals surface area contributed by atoms with Crippen LogP contribution in [0.2, 0.25) is 0 Å². The van der Waals surface area contributed by atoms with Crippen molar-refractivity contribution in [3.8, 4) is 0 Å². The molecule has 0 aliphatic carbocycles. The highest BCUT2D eigenvalue weighted by Gasteiger charge is 2.28. The molecule has 0 radical (unpaired) electrons. The Kier molecular flexibility index (Phi) is 7.04. The molecule has 0 fully saturated rings. The normalized spacial score (nSPS) is 14.4. The van der Waals surface area contributed by atoms with Crippen molar-refractivity contribution in [2.24, 2.45) is 0 Å². The second kappa shape index (κ2) is 7.14. The molecule has 0 aromatic heterocycles. The van der Waals surface area contributed by atoms with Gasteiger partial charge < -0.3 is 26.2 Å². The van der Waals surface area contributed by atoms with E-state index < -0.39 is 5.66 Å². The number of rotatable bonds is 8. The van der Waals surface area contributed by atoms with Crippen LogP contribution in [0.1, 0.15) is 12.8 Å².